The smallest absolute Gasteiger partial charge is 0.113 e. The minimum absolute atomic E-state index is 0.567. The maximum absolute atomic E-state index is 9.94. The molecule has 0 rings (SSSR count). The van der Waals surface area contributed by atoms with E-state index in [1.165, 1.54) is 7.11 Å². The summed E-state index contributed by atoms with van der Waals surface area (Å²) in [7, 11) is 2.33. The molecule has 0 aliphatic rings. The van der Waals surface area contributed by atoms with Gasteiger partial charge in [-0.15, -0.1) is 0 Å². The molecule has 0 radical (unpaired) electrons. The summed E-state index contributed by atoms with van der Waals surface area (Å²) < 4.78 is 0. The van der Waals surface area contributed by atoms with E-state index < -0.39 is 10.5 Å². The first-order valence-electron chi connectivity index (χ1n) is 1.77. The second-order valence-corrected chi connectivity index (χ2v) is 1.05. The summed E-state index contributed by atoms with van der Waals surface area (Å²) in [6, 6.07) is 0. The summed E-state index contributed by atoms with van der Waals surface area (Å²) in [5, 5.41) is 18.5. The summed E-state index contributed by atoms with van der Waals surface area (Å²) in [5.74, 6) is 0. The van der Waals surface area contributed by atoms with Crippen molar-refractivity contribution in [2.24, 2.45) is 0 Å². The van der Waals surface area contributed by atoms with Crippen LogP contribution in [0.5, 0.6) is 0 Å². The number of nitrogens with one attached hydrogen (secondary N) is 2. The highest BCUT2D eigenvalue weighted by atomic mass is 17.0. The molecule has 2 N–H and O–H groups in total. The molecule has 5 nitrogen and oxygen atoms in total. The topological polar surface area (TPSA) is 64.2 Å². The van der Waals surface area contributed by atoms with Crippen LogP contribution in [0.1, 0.15) is 0 Å². The molecule has 0 aromatic rings. The van der Waals surface area contributed by atoms with Crippen molar-refractivity contribution in [2.75, 3.05) is 14.2 Å². The Morgan fingerprint density at radius 3 is 1.86 bits per heavy atom. The first-order valence-corrected chi connectivity index (χ1v) is 1.77. The summed E-state index contributed by atoms with van der Waals surface area (Å²) in [6.45, 7) is 0. The number of quaternary nitrogens is 2. The maximum Gasteiger partial charge on any atom is 0.113 e. The predicted octanol–water partition coefficient (Wildman–Crippen LogP) is -3.14. The third-order valence-corrected chi connectivity index (χ3v) is 0.473. The Morgan fingerprint density at radius 1 is 1.43 bits per heavy atom. The second kappa shape index (κ2) is 2.89. The van der Waals surface area contributed by atoms with Crippen molar-refractivity contribution in [2.45, 2.75) is 0 Å². The van der Waals surface area contributed by atoms with Crippen LogP contribution in [0.2, 0.25) is 0 Å². The molecule has 2 atom stereocenters. The van der Waals surface area contributed by atoms with Crippen molar-refractivity contribution in [3.8, 4) is 0 Å². The SMILES string of the molecule is CO[NH+]([O-])[NH+](C)[O-]. The van der Waals surface area contributed by atoms with Crippen LogP contribution in [0, 0.1) is 10.4 Å². The zero-order chi connectivity index (χ0) is 5.86. The Kier molecular flexibility index (Phi) is 2.81. The highest BCUT2D eigenvalue weighted by Crippen LogP contribution is 1.22. The summed E-state index contributed by atoms with van der Waals surface area (Å²) in [5.41, 5.74) is 0. The number of hydroxylamine groups is 1. The fourth-order valence-corrected chi connectivity index (χ4v) is 0.144. The zero-order valence-electron chi connectivity index (χ0n) is 4.22. The van der Waals surface area contributed by atoms with Crippen LogP contribution in [0.4, 0.5) is 0 Å². The monoisotopic (exact) mass is 108 g/mol. The van der Waals surface area contributed by atoms with Crippen molar-refractivity contribution in [3.63, 3.8) is 0 Å². The van der Waals surface area contributed by atoms with Crippen LogP contribution in [0.3, 0.4) is 0 Å². The van der Waals surface area contributed by atoms with E-state index in [0.29, 0.717) is 0 Å². The van der Waals surface area contributed by atoms with Gasteiger partial charge < -0.3 is 10.4 Å². The molecule has 0 amide bonds. The van der Waals surface area contributed by atoms with Crippen LogP contribution in [-0.4, -0.2) is 14.2 Å². The lowest BCUT2D eigenvalue weighted by Gasteiger charge is -2.24. The number of hydrogen-bond donors (Lipinski definition) is 2. The van der Waals surface area contributed by atoms with Gasteiger partial charge in [0.2, 0.25) is 0 Å². The fraction of sp³-hybridized carbons (Fsp3) is 1.00. The first-order chi connectivity index (χ1) is 3.18. The van der Waals surface area contributed by atoms with Crippen molar-refractivity contribution in [3.05, 3.63) is 10.4 Å². The van der Waals surface area contributed by atoms with Gasteiger partial charge in [0, 0.05) is 0 Å². The molecule has 0 aromatic carbocycles. The van der Waals surface area contributed by atoms with Crippen LogP contribution in [0.15, 0.2) is 0 Å². The van der Waals surface area contributed by atoms with E-state index in [0.717, 1.165) is 7.05 Å². The van der Waals surface area contributed by atoms with Gasteiger partial charge in [-0.25, -0.2) is 0 Å². The summed E-state index contributed by atoms with van der Waals surface area (Å²) >= 11 is 0. The number of hydrogen-bond acceptors (Lipinski definition) is 3. The zero-order valence-corrected chi connectivity index (χ0v) is 4.22. The molecule has 0 saturated heterocycles. The average molecular weight is 108 g/mol. The Morgan fingerprint density at radius 2 is 1.86 bits per heavy atom. The molecule has 0 aliphatic carbocycles. The molecule has 2 unspecified atom stereocenters. The first kappa shape index (κ1) is 6.80. The van der Waals surface area contributed by atoms with Crippen molar-refractivity contribution >= 4 is 0 Å². The van der Waals surface area contributed by atoms with E-state index in [9.17, 15) is 10.4 Å². The quantitative estimate of drug-likeness (QED) is 0.367. The lowest BCUT2D eigenvalue weighted by atomic mass is 11.5. The van der Waals surface area contributed by atoms with Gasteiger partial charge in [-0.1, -0.05) is 5.34 Å². The van der Waals surface area contributed by atoms with Crippen molar-refractivity contribution in [1.29, 1.82) is 0 Å². The van der Waals surface area contributed by atoms with E-state index >= 15 is 0 Å². The lowest BCUT2D eigenvalue weighted by Crippen LogP contribution is -3.54. The van der Waals surface area contributed by atoms with Gasteiger partial charge in [0.15, 0.2) is 0 Å². The molecule has 0 aromatic heterocycles. The summed E-state index contributed by atoms with van der Waals surface area (Å²) in [4.78, 5) is 4.02. The van der Waals surface area contributed by atoms with E-state index in [1.54, 1.807) is 0 Å². The normalized spacial score (nSPS) is 18.9. The van der Waals surface area contributed by atoms with Gasteiger partial charge in [-0.05, 0) is 0 Å². The molecule has 0 spiro atoms. The van der Waals surface area contributed by atoms with Gasteiger partial charge in [0.05, 0.1) is 0 Å². The van der Waals surface area contributed by atoms with Gasteiger partial charge >= 0.3 is 0 Å². The predicted molar refractivity (Wildman–Crippen MR) is 21.6 cm³/mol. The van der Waals surface area contributed by atoms with Crippen LogP contribution >= 0.6 is 0 Å². The van der Waals surface area contributed by atoms with Crippen molar-refractivity contribution < 1.29 is 15.3 Å². The van der Waals surface area contributed by atoms with Crippen LogP contribution < -0.4 is 10.5 Å². The van der Waals surface area contributed by atoms with Gasteiger partial charge in [-0.2, -0.15) is 10.0 Å². The second-order valence-electron chi connectivity index (χ2n) is 1.05. The standard InChI is InChI=1S/C2H8N2O3/c1-3(5)4(6)7-2/h3-4H,1-2H3. The third kappa shape index (κ3) is 2.49. The molecular formula is C2H8N2O3. The Hall–Kier alpha value is -0.200. The molecule has 5 heteroatoms. The van der Waals surface area contributed by atoms with Crippen molar-refractivity contribution in [1.82, 2.24) is 0 Å². The minimum Gasteiger partial charge on any atom is -0.581 e. The van der Waals surface area contributed by atoms with Gasteiger partial charge in [0.25, 0.3) is 0 Å². The Labute approximate surface area is 41.2 Å². The number of rotatable bonds is 2. The maximum atomic E-state index is 9.94. The highest BCUT2D eigenvalue weighted by Gasteiger charge is 1.90. The highest BCUT2D eigenvalue weighted by molar-refractivity contribution is 3.85. The van der Waals surface area contributed by atoms with Gasteiger partial charge in [-0.3, -0.25) is 0 Å². The van der Waals surface area contributed by atoms with Crippen LogP contribution in [0.25, 0.3) is 0 Å². The average Bonchev–Trinajstić information content (AvgIpc) is 1.65. The molecule has 0 fully saturated rings. The largest absolute Gasteiger partial charge is 0.581 e. The van der Waals surface area contributed by atoms with E-state index in [2.05, 4.69) is 4.84 Å². The third-order valence-electron chi connectivity index (χ3n) is 0.473. The van der Waals surface area contributed by atoms with E-state index in [-0.39, 0.29) is 0 Å². The molecular weight excluding hydrogens is 100 g/mol. The Balaban J connectivity index is 3.14. The van der Waals surface area contributed by atoms with Gasteiger partial charge in [0.1, 0.15) is 14.2 Å². The van der Waals surface area contributed by atoms with E-state index in [1.807, 2.05) is 0 Å². The molecule has 7 heavy (non-hydrogen) atoms. The lowest BCUT2D eigenvalue weighted by molar-refractivity contribution is -1.53. The summed E-state index contributed by atoms with van der Waals surface area (Å²) in [6.07, 6.45) is 0. The minimum atomic E-state index is -0.792. The molecule has 0 heterocycles. The molecule has 44 valence electrons. The molecule has 0 bridgehead atoms. The fourth-order valence-electron chi connectivity index (χ4n) is 0.144. The molecule has 0 aliphatic heterocycles. The molecule has 0 saturated carbocycles. The Bertz CT molecular complexity index is 48.2. The van der Waals surface area contributed by atoms with E-state index in [4.69, 9.17) is 0 Å². The van der Waals surface area contributed by atoms with Crippen LogP contribution in [-0.2, 0) is 4.84 Å².